The van der Waals surface area contributed by atoms with Crippen molar-refractivity contribution >= 4 is 22.5 Å². The van der Waals surface area contributed by atoms with Crippen molar-refractivity contribution in [2.75, 3.05) is 32.1 Å². The van der Waals surface area contributed by atoms with Crippen LogP contribution < -0.4 is 15.0 Å². The molecule has 0 radical (unpaired) electrons. The number of nitrogens with zero attached hydrogens (tertiary/aromatic N) is 1. The van der Waals surface area contributed by atoms with E-state index >= 15 is 0 Å². The Bertz CT molecular complexity index is 995. The van der Waals surface area contributed by atoms with Gasteiger partial charge in [-0.05, 0) is 49.6 Å². The zero-order valence-corrected chi connectivity index (χ0v) is 16.7. The summed E-state index contributed by atoms with van der Waals surface area (Å²) in [4.78, 5) is 17.2. The largest absolute Gasteiger partial charge is 0.484 e. The van der Waals surface area contributed by atoms with E-state index in [1.807, 2.05) is 57.1 Å². The molecule has 0 aliphatic heterocycles. The Morgan fingerprint density at radius 1 is 1.21 bits per heavy atom. The van der Waals surface area contributed by atoms with Crippen LogP contribution in [-0.2, 0) is 11.2 Å². The molecule has 2 aromatic carbocycles. The summed E-state index contributed by atoms with van der Waals surface area (Å²) in [6.07, 6.45) is 0.623. The first-order chi connectivity index (χ1) is 13.4. The van der Waals surface area contributed by atoms with Gasteiger partial charge in [-0.1, -0.05) is 12.1 Å². The molecule has 0 unspecified atom stereocenters. The van der Waals surface area contributed by atoms with E-state index in [1.165, 1.54) is 6.07 Å². The normalized spacial score (nSPS) is 10.9. The Labute approximate surface area is 164 Å². The summed E-state index contributed by atoms with van der Waals surface area (Å²) >= 11 is 0. The summed E-state index contributed by atoms with van der Waals surface area (Å²) in [7, 11) is 3.90. The van der Waals surface area contributed by atoms with Crippen molar-refractivity contribution in [3.8, 4) is 5.75 Å². The average molecular weight is 383 g/mol. The van der Waals surface area contributed by atoms with Gasteiger partial charge in [-0.15, -0.1) is 0 Å². The second kappa shape index (κ2) is 8.33. The van der Waals surface area contributed by atoms with Crippen LogP contribution in [0.3, 0.4) is 0 Å². The number of H-pyrrole nitrogens is 1. The van der Waals surface area contributed by atoms with Gasteiger partial charge in [0.1, 0.15) is 11.6 Å². The van der Waals surface area contributed by atoms with Gasteiger partial charge in [-0.3, -0.25) is 4.79 Å². The summed E-state index contributed by atoms with van der Waals surface area (Å²) < 4.78 is 19.6. The fourth-order valence-electron chi connectivity index (χ4n) is 3.33. The van der Waals surface area contributed by atoms with Crippen molar-refractivity contribution in [2.24, 2.45) is 0 Å². The van der Waals surface area contributed by atoms with E-state index in [4.69, 9.17) is 4.74 Å². The van der Waals surface area contributed by atoms with Gasteiger partial charge in [0, 0.05) is 43.5 Å². The molecule has 0 aliphatic rings. The molecule has 0 atom stereocenters. The number of fused-ring (bicyclic) bond motifs is 1. The maximum atomic E-state index is 14.0. The predicted octanol–water partition coefficient (Wildman–Crippen LogP) is 3.73. The number of aryl methyl sites for hydroxylation is 2. The van der Waals surface area contributed by atoms with Crippen LogP contribution in [0.25, 0.3) is 10.9 Å². The lowest BCUT2D eigenvalue weighted by Crippen LogP contribution is -2.30. The zero-order chi connectivity index (χ0) is 20.3. The van der Waals surface area contributed by atoms with E-state index in [1.54, 1.807) is 6.07 Å². The minimum atomic E-state index is -0.257. The number of hydrogen-bond donors (Lipinski definition) is 2. The number of carbonyl (C=O) groups is 1. The molecule has 2 N–H and O–H groups in total. The lowest BCUT2D eigenvalue weighted by atomic mass is 10.0. The molecule has 6 heteroatoms. The summed E-state index contributed by atoms with van der Waals surface area (Å²) in [5.41, 5.74) is 4.52. The highest BCUT2D eigenvalue weighted by molar-refractivity contribution is 5.88. The standard InChI is InChI=1S/C22H26FN3O2/c1-14-8-9-19(23)22-21(14)18(15(2)25-22)10-11-24-20(27)13-28-17-7-5-6-16(12-17)26(3)4/h5-9,12,25H,10-11,13H2,1-4H3,(H,24,27). The number of aromatic nitrogens is 1. The van der Waals surface area contributed by atoms with Crippen molar-refractivity contribution in [1.29, 1.82) is 0 Å². The van der Waals surface area contributed by atoms with E-state index in [-0.39, 0.29) is 18.3 Å². The Hall–Kier alpha value is -3.02. The molecule has 5 nitrogen and oxygen atoms in total. The fraction of sp³-hybridized carbons (Fsp3) is 0.318. The van der Waals surface area contributed by atoms with Gasteiger partial charge in [0.2, 0.25) is 0 Å². The highest BCUT2D eigenvalue weighted by atomic mass is 19.1. The van der Waals surface area contributed by atoms with Crippen LogP contribution in [0.4, 0.5) is 10.1 Å². The average Bonchev–Trinajstić information content (AvgIpc) is 3.01. The number of rotatable bonds is 7. The number of hydrogen-bond acceptors (Lipinski definition) is 3. The van der Waals surface area contributed by atoms with Gasteiger partial charge in [0.25, 0.3) is 5.91 Å². The van der Waals surface area contributed by atoms with Crippen molar-refractivity contribution in [2.45, 2.75) is 20.3 Å². The van der Waals surface area contributed by atoms with E-state index in [9.17, 15) is 9.18 Å². The summed E-state index contributed by atoms with van der Waals surface area (Å²) in [5, 5.41) is 3.78. The van der Waals surface area contributed by atoms with Gasteiger partial charge in [-0.2, -0.15) is 0 Å². The van der Waals surface area contributed by atoms with E-state index < -0.39 is 0 Å². The smallest absolute Gasteiger partial charge is 0.257 e. The summed E-state index contributed by atoms with van der Waals surface area (Å²) in [6, 6.07) is 10.8. The fourth-order valence-corrected chi connectivity index (χ4v) is 3.33. The summed E-state index contributed by atoms with van der Waals surface area (Å²) in [5.74, 6) is 0.211. The second-order valence-electron chi connectivity index (χ2n) is 7.12. The highest BCUT2D eigenvalue weighted by Crippen LogP contribution is 2.27. The number of anilines is 1. The third-order valence-corrected chi connectivity index (χ3v) is 4.83. The monoisotopic (exact) mass is 383 g/mol. The third kappa shape index (κ3) is 4.27. The van der Waals surface area contributed by atoms with Crippen LogP contribution in [0.5, 0.6) is 5.75 Å². The first kappa shape index (κ1) is 19.7. The van der Waals surface area contributed by atoms with Crippen LogP contribution in [0.1, 0.15) is 16.8 Å². The van der Waals surface area contributed by atoms with E-state index in [2.05, 4.69) is 10.3 Å². The third-order valence-electron chi connectivity index (χ3n) is 4.83. The first-order valence-corrected chi connectivity index (χ1v) is 9.30. The van der Waals surface area contributed by atoms with Gasteiger partial charge in [0.15, 0.2) is 6.61 Å². The van der Waals surface area contributed by atoms with Crippen molar-refractivity contribution < 1.29 is 13.9 Å². The lowest BCUT2D eigenvalue weighted by Gasteiger charge is -2.14. The maximum Gasteiger partial charge on any atom is 0.257 e. The Morgan fingerprint density at radius 3 is 2.75 bits per heavy atom. The Morgan fingerprint density at radius 2 is 2.00 bits per heavy atom. The summed E-state index contributed by atoms with van der Waals surface area (Å²) in [6.45, 7) is 4.31. The molecule has 1 aromatic heterocycles. The minimum absolute atomic E-state index is 0.0442. The van der Waals surface area contributed by atoms with Gasteiger partial charge >= 0.3 is 0 Å². The molecule has 1 amide bonds. The number of halogens is 1. The van der Waals surface area contributed by atoms with Crippen LogP contribution in [0, 0.1) is 19.7 Å². The molecular weight excluding hydrogens is 357 g/mol. The molecule has 28 heavy (non-hydrogen) atoms. The molecule has 0 saturated carbocycles. The van der Waals surface area contributed by atoms with Crippen molar-refractivity contribution in [3.63, 3.8) is 0 Å². The molecule has 3 rings (SSSR count). The van der Waals surface area contributed by atoms with Gasteiger partial charge in [-0.25, -0.2) is 4.39 Å². The van der Waals surface area contributed by atoms with Crippen LogP contribution in [0.15, 0.2) is 36.4 Å². The number of nitrogens with one attached hydrogen (secondary N) is 2. The molecule has 3 aromatic rings. The van der Waals surface area contributed by atoms with E-state index in [0.717, 1.165) is 27.9 Å². The van der Waals surface area contributed by atoms with Crippen molar-refractivity contribution in [3.05, 3.63) is 59.0 Å². The zero-order valence-electron chi connectivity index (χ0n) is 16.7. The molecular formula is C22H26FN3O2. The van der Waals surface area contributed by atoms with Crippen molar-refractivity contribution in [1.82, 2.24) is 10.3 Å². The quantitative estimate of drug-likeness (QED) is 0.654. The predicted molar refractivity (Wildman–Crippen MR) is 111 cm³/mol. The number of aromatic amines is 1. The Balaban J connectivity index is 1.56. The molecule has 0 bridgehead atoms. The number of benzene rings is 2. The lowest BCUT2D eigenvalue weighted by molar-refractivity contribution is -0.123. The number of ether oxygens (including phenoxy) is 1. The molecule has 148 valence electrons. The molecule has 0 saturated heterocycles. The Kier molecular flexibility index (Phi) is 5.87. The SMILES string of the molecule is Cc1[nH]c2c(F)ccc(C)c2c1CCNC(=O)COc1cccc(N(C)C)c1. The molecule has 1 heterocycles. The molecule has 0 aliphatic carbocycles. The highest BCUT2D eigenvalue weighted by Gasteiger charge is 2.14. The van der Waals surface area contributed by atoms with E-state index in [0.29, 0.717) is 24.2 Å². The first-order valence-electron chi connectivity index (χ1n) is 9.30. The second-order valence-corrected chi connectivity index (χ2v) is 7.12. The maximum absolute atomic E-state index is 14.0. The van der Waals surface area contributed by atoms with Crippen LogP contribution >= 0.6 is 0 Å². The molecule has 0 spiro atoms. The van der Waals surface area contributed by atoms with Crippen LogP contribution in [0.2, 0.25) is 0 Å². The van der Waals surface area contributed by atoms with Gasteiger partial charge in [0.05, 0.1) is 5.52 Å². The topological polar surface area (TPSA) is 57.4 Å². The minimum Gasteiger partial charge on any atom is -0.484 e. The number of amides is 1. The number of carbonyl (C=O) groups excluding carboxylic acids is 1. The van der Waals surface area contributed by atoms with Crippen LogP contribution in [-0.4, -0.2) is 38.1 Å². The molecule has 0 fully saturated rings. The van der Waals surface area contributed by atoms with Gasteiger partial charge < -0.3 is 19.9 Å².